The van der Waals surface area contributed by atoms with Gasteiger partial charge in [-0.2, -0.15) is 5.01 Å². The Balaban J connectivity index is 1.39. The number of aromatic nitrogens is 2. The largest absolute Gasteiger partial charge is 0.344 e. The molecule has 35 heavy (non-hydrogen) atoms. The Labute approximate surface area is 203 Å². The minimum Gasteiger partial charge on any atom is -0.322 e. The highest BCUT2D eigenvalue weighted by atomic mass is 32.2. The Kier molecular flexibility index (Phi) is 6.01. The topological polar surface area (TPSA) is 113 Å². The molecule has 1 aromatic heterocycles. The second kappa shape index (κ2) is 9.14. The van der Waals surface area contributed by atoms with Crippen molar-refractivity contribution in [1.82, 2.24) is 25.3 Å². The summed E-state index contributed by atoms with van der Waals surface area (Å²) in [6, 6.07) is 11.8. The summed E-state index contributed by atoms with van der Waals surface area (Å²) in [5.41, 5.74) is 1.34. The average Bonchev–Trinajstić information content (AvgIpc) is 3.07. The number of hydrazine groups is 1. The van der Waals surface area contributed by atoms with Crippen molar-refractivity contribution in [2.75, 3.05) is 5.75 Å². The van der Waals surface area contributed by atoms with E-state index in [-0.39, 0.29) is 16.6 Å². The molecule has 1 saturated heterocycles. The summed E-state index contributed by atoms with van der Waals surface area (Å²) in [5.74, 6) is -1.97. The molecule has 1 saturated carbocycles. The van der Waals surface area contributed by atoms with Crippen molar-refractivity contribution in [3.8, 4) is 5.69 Å². The van der Waals surface area contributed by atoms with Crippen molar-refractivity contribution in [2.45, 2.75) is 42.8 Å². The van der Waals surface area contributed by atoms with Crippen molar-refractivity contribution in [3.63, 3.8) is 0 Å². The molecular weight excluding hydrogens is 473 g/mol. The Morgan fingerprint density at radius 3 is 2.54 bits per heavy atom. The molecule has 1 aliphatic heterocycles. The second-order valence-corrected chi connectivity index (χ2v) is 9.48. The molecular formula is C24H22FN5O4S. The van der Waals surface area contributed by atoms with Crippen LogP contribution in [0.4, 0.5) is 9.18 Å². The predicted octanol–water partition coefficient (Wildman–Crippen LogP) is 2.90. The van der Waals surface area contributed by atoms with Crippen molar-refractivity contribution in [3.05, 3.63) is 64.7 Å². The van der Waals surface area contributed by atoms with E-state index in [0.717, 1.165) is 40.6 Å². The molecule has 2 N–H and O–H groups in total. The summed E-state index contributed by atoms with van der Waals surface area (Å²) < 4.78 is 15.7. The van der Waals surface area contributed by atoms with Crippen LogP contribution in [0.15, 0.2) is 58.5 Å². The Morgan fingerprint density at radius 2 is 1.77 bits per heavy atom. The van der Waals surface area contributed by atoms with Gasteiger partial charge in [-0.1, -0.05) is 55.3 Å². The summed E-state index contributed by atoms with van der Waals surface area (Å²) in [6.45, 7) is 0. The number of rotatable bonds is 5. The summed E-state index contributed by atoms with van der Waals surface area (Å²) in [7, 11) is 0. The molecule has 0 bridgehead atoms. The van der Waals surface area contributed by atoms with Crippen molar-refractivity contribution in [1.29, 1.82) is 0 Å². The first kappa shape index (κ1) is 23.0. The summed E-state index contributed by atoms with van der Waals surface area (Å²) in [5, 5.41) is 3.87. The SMILES string of the molecule is O=C(CSc1nc2ccccc2c(=O)n1-c1ccccc1F)NN1C(=O)NC2(CCCCC2)C1=O. The van der Waals surface area contributed by atoms with Crippen LogP contribution in [0.1, 0.15) is 32.1 Å². The number of benzene rings is 2. The van der Waals surface area contributed by atoms with Crippen LogP contribution in [0.3, 0.4) is 0 Å². The molecule has 3 aromatic rings. The maximum Gasteiger partial charge on any atom is 0.344 e. The first-order chi connectivity index (χ1) is 16.9. The second-order valence-electron chi connectivity index (χ2n) is 8.54. The molecule has 5 rings (SSSR count). The lowest BCUT2D eigenvalue weighted by atomic mass is 9.82. The van der Waals surface area contributed by atoms with Crippen LogP contribution < -0.4 is 16.3 Å². The maximum absolute atomic E-state index is 14.6. The maximum atomic E-state index is 14.6. The summed E-state index contributed by atoms with van der Waals surface area (Å²) in [4.78, 5) is 55.7. The minimum absolute atomic E-state index is 0.00648. The molecule has 2 fully saturated rings. The van der Waals surface area contributed by atoms with Gasteiger partial charge in [0.1, 0.15) is 11.4 Å². The van der Waals surface area contributed by atoms with Gasteiger partial charge in [-0.3, -0.25) is 24.4 Å². The molecule has 9 nitrogen and oxygen atoms in total. The van der Waals surface area contributed by atoms with Gasteiger partial charge in [0.15, 0.2) is 5.16 Å². The number of nitrogens with zero attached hydrogens (tertiary/aromatic N) is 3. The van der Waals surface area contributed by atoms with E-state index < -0.39 is 34.8 Å². The number of para-hydroxylation sites is 2. The number of amides is 4. The highest BCUT2D eigenvalue weighted by Gasteiger charge is 2.52. The number of carbonyl (C=O) groups excluding carboxylic acids is 3. The van der Waals surface area contributed by atoms with Gasteiger partial charge in [0.25, 0.3) is 11.5 Å². The van der Waals surface area contributed by atoms with Crippen molar-refractivity contribution < 1.29 is 18.8 Å². The predicted molar refractivity (Wildman–Crippen MR) is 127 cm³/mol. The van der Waals surface area contributed by atoms with Crippen LogP contribution in [0.5, 0.6) is 0 Å². The number of thioether (sulfide) groups is 1. The zero-order valence-electron chi connectivity index (χ0n) is 18.6. The first-order valence-electron chi connectivity index (χ1n) is 11.3. The van der Waals surface area contributed by atoms with E-state index >= 15 is 0 Å². The third-order valence-electron chi connectivity index (χ3n) is 6.28. The Bertz CT molecular complexity index is 1400. The van der Waals surface area contributed by atoms with E-state index in [9.17, 15) is 23.6 Å². The molecule has 11 heteroatoms. The van der Waals surface area contributed by atoms with E-state index in [0.29, 0.717) is 23.7 Å². The van der Waals surface area contributed by atoms with Gasteiger partial charge in [-0.05, 0) is 37.1 Å². The third-order valence-corrected chi connectivity index (χ3v) is 7.21. The van der Waals surface area contributed by atoms with Gasteiger partial charge < -0.3 is 5.32 Å². The lowest BCUT2D eigenvalue weighted by Crippen LogP contribution is -2.51. The van der Waals surface area contributed by atoms with Gasteiger partial charge in [0, 0.05) is 0 Å². The molecule has 0 atom stereocenters. The van der Waals surface area contributed by atoms with E-state index in [1.165, 1.54) is 18.2 Å². The smallest absolute Gasteiger partial charge is 0.322 e. The quantitative estimate of drug-likeness (QED) is 0.320. The fraction of sp³-hybridized carbons (Fsp3) is 0.292. The van der Waals surface area contributed by atoms with Crippen molar-refractivity contribution in [2.24, 2.45) is 0 Å². The van der Waals surface area contributed by atoms with Crippen molar-refractivity contribution >= 4 is 40.5 Å². The van der Waals surface area contributed by atoms with E-state index in [4.69, 9.17) is 0 Å². The number of hydrogen-bond donors (Lipinski definition) is 2. The number of imide groups is 1. The van der Waals surface area contributed by atoms with Crippen LogP contribution >= 0.6 is 11.8 Å². The lowest BCUT2D eigenvalue weighted by molar-refractivity contribution is -0.139. The molecule has 0 radical (unpaired) electrons. The van der Waals surface area contributed by atoms with Crippen LogP contribution in [0, 0.1) is 5.82 Å². The zero-order chi connectivity index (χ0) is 24.6. The van der Waals surface area contributed by atoms with Gasteiger partial charge in [0.05, 0.1) is 22.3 Å². The molecule has 1 aliphatic carbocycles. The van der Waals surface area contributed by atoms with Gasteiger partial charge >= 0.3 is 6.03 Å². The van der Waals surface area contributed by atoms with E-state index in [1.54, 1.807) is 30.3 Å². The Hall–Kier alpha value is -3.73. The first-order valence-corrected chi connectivity index (χ1v) is 12.2. The van der Waals surface area contributed by atoms with Crippen LogP contribution in [0.2, 0.25) is 0 Å². The number of nitrogens with one attached hydrogen (secondary N) is 2. The average molecular weight is 496 g/mol. The monoisotopic (exact) mass is 495 g/mol. The zero-order valence-corrected chi connectivity index (χ0v) is 19.4. The molecule has 1 spiro atoms. The third kappa shape index (κ3) is 4.16. The lowest BCUT2D eigenvalue weighted by Gasteiger charge is -2.30. The fourth-order valence-corrected chi connectivity index (χ4v) is 5.36. The molecule has 2 heterocycles. The molecule has 180 valence electrons. The number of fused-ring (bicyclic) bond motifs is 1. The summed E-state index contributed by atoms with van der Waals surface area (Å²) in [6.07, 6.45) is 3.72. The standard InChI is InChI=1S/C24H22FN5O4S/c25-16-9-3-5-11-18(16)29-20(32)15-8-2-4-10-17(15)26-23(29)35-14-19(31)28-30-21(33)24(27-22(30)34)12-6-1-7-13-24/h2-5,8-11H,1,6-7,12-14H2,(H,27,34)(H,28,31). The van der Waals surface area contributed by atoms with Crippen LogP contribution in [0.25, 0.3) is 16.6 Å². The Morgan fingerprint density at radius 1 is 1.06 bits per heavy atom. The highest BCUT2D eigenvalue weighted by Crippen LogP contribution is 2.33. The van der Waals surface area contributed by atoms with E-state index in [2.05, 4.69) is 15.7 Å². The van der Waals surface area contributed by atoms with Gasteiger partial charge in [0.2, 0.25) is 5.91 Å². The van der Waals surface area contributed by atoms with E-state index in [1.807, 2.05) is 0 Å². The molecule has 2 aromatic carbocycles. The highest BCUT2D eigenvalue weighted by molar-refractivity contribution is 7.99. The number of halogens is 1. The molecule has 0 unspecified atom stereocenters. The number of urea groups is 1. The molecule has 4 amide bonds. The normalized spacial score (nSPS) is 17.1. The van der Waals surface area contributed by atoms with Crippen LogP contribution in [-0.4, -0.2) is 43.7 Å². The number of hydrogen-bond acceptors (Lipinski definition) is 6. The number of carbonyl (C=O) groups is 3. The minimum atomic E-state index is -0.957. The fourth-order valence-electron chi connectivity index (χ4n) is 4.56. The van der Waals surface area contributed by atoms with Gasteiger partial charge in [-0.25, -0.2) is 14.2 Å². The molecule has 2 aliphatic rings. The summed E-state index contributed by atoms with van der Waals surface area (Å²) >= 11 is 0.904. The van der Waals surface area contributed by atoms with Crippen LogP contribution in [-0.2, 0) is 9.59 Å². The van der Waals surface area contributed by atoms with Gasteiger partial charge in [-0.15, -0.1) is 0 Å².